The molecule has 0 radical (unpaired) electrons. The Labute approximate surface area is 115 Å². The van der Waals surface area contributed by atoms with E-state index in [1.54, 1.807) is 12.1 Å². The van der Waals surface area contributed by atoms with Crippen LogP contribution in [0.2, 0.25) is 0 Å². The fraction of sp³-hybridized carbons (Fsp3) is 0.625. The first kappa shape index (κ1) is 13.1. The topological polar surface area (TPSA) is 15.3 Å². The molecule has 1 aromatic carbocycles. The predicted octanol–water partition coefficient (Wildman–Crippen LogP) is 2.54. The number of nitrogens with zero attached hydrogens (tertiary/aromatic N) is 1. The second-order valence-corrected chi connectivity index (χ2v) is 6.06. The summed E-state index contributed by atoms with van der Waals surface area (Å²) in [5.41, 5.74) is 0.880. The van der Waals surface area contributed by atoms with Gasteiger partial charge in [0.15, 0.2) is 0 Å². The van der Waals surface area contributed by atoms with Crippen LogP contribution in [0.25, 0.3) is 0 Å². The lowest BCUT2D eigenvalue weighted by atomic mass is 9.72. The molecular formula is C16H23FN2. The minimum absolute atomic E-state index is 0.0223. The highest BCUT2D eigenvalue weighted by atomic mass is 19.1. The quantitative estimate of drug-likeness (QED) is 0.897. The molecule has 0 aromatic heterocycles. The first-order chi connectivity index (χ1) is 9.25. The van der Waals surface area contributed by atoms with E-state index < -0.39 is 0 Å². The Bertz CT molecular complexity index is 434. The van der Waals surface area contributed by atoms with Crippen molar-refractivity contribution in [1.82, 2.24) is 10.2 Å². The van der Waals surface area contributed by atoms with E-state index >= 15 is 0 Å². The molecule has 1 saturated carbocycles. The molecule has 0 unspecified atom stereocenters. The molecule has 3 rings (SSSR count). The van der Waals surface area contributed by atoms with Crippen LogP contribution in [0, 0.1) is 5.82 Å². The SMILES string of the molecule is CNCC1(c2ccccc2F)CCN(C2CC2)CC1. The first-order valence-electron chi connectivity index (χ1n) is 7.39. The molecule has 0 spiro atoms. The van der Waals surface area contributed by atoms with Crippen LogP contribution in [0.5, 0.6) is 0 Å². The van der Waals surface area contributed by atoms with Crippen molar-refractivity contribution in [2.24, 2.45) is 0 Å². The Morgan fingerprint density at radius 3 is 2.53 bits per heavy atom. The van der Waals surface area contributed by atoms with Gasteiger partial charge < -0.3 is 10.2 Å². The number of likely N-dealkylation sites (N-methyl/N-ethyl adjacent to an activating group) is 1. The maximum Gasteiger partial charge on any atom is 0.127 e. The molecule has 2 nitrogen and oxygen atoms in total. The van der Waals surface area contributed by atoms with Gasteiger partial charge in [-0.3, -0.25) is 0 Å². The second-order valence-electron chi connectivity index (χ2n) is 6.06. The summed E-state index contributed by atoms with van der Waals surface area (Å²) in [7, 11) is 1.97. The zero-order chi connectivity index (χ0) is 13.3. The highest BCUT2D eigenvalue weighted by Crippen LogP contribution is 2.39. The van der Waals surface area contributed by atoms with Gasteiger partial charge in [-0.05, 0) is 57.5 Å². The van der Waals surface area contributed by atoms with E-state index in [-0.39, 0.29) is 11.2 Å². The van der Waals surface area contributed by atoms with Gasteiger partial charge in [0.2, 0.25) is 0 Å². The Morgan fingerprint density at radius 1 is 1.26 bits per heavy atom. The number of benzene rings is 1. The lowest BCUT2D eigenvalue weighted by Gasteiger charge is -2.42. The summed E-state index contributed by atoms with van der Waals surface area (Å²) in [6, 6.07) is 8.14. The number of piperidine rings is 1. The zero-order valence-electron chi connectivity index (χ0n) is 11.7. The van der Waals surface area contributed by atoms with E-state index in [9.17, 15) is 4.39 Å². The van der Waals surface area contributed by atoms with Gasteiger partial charge in [0.25, 0.3) is 0 Å². The summed E-state index contributed by atoms with van der Waals surface area (Å²) in [6.07, 6.45) is 4.84. The standard InChI is InChI=1S/C16H23FN2/c1-18-12-16(14-4-2-3-5-15(14)17)8-10-19(11-9-16)13-6-7-13/h2-5,13,18H,6-12H2,1H3. The van der Waals surface area contributed by atoms with Crippen LogP contribution >= 0.6 is 0 Å². The Morgan fingerprint density at radius 2 is 1.95 bits per heavy atom. The molecular weight excluding hydrogens is 239 g/mol. The van der Waals surface area contributed by atoms with Crippen LogP contribution < -0.4 is 5.32 Å². The largest absolute Gasteiger partial charge is 0.319 e. The second kappa shape index (κ2) is 5.22. The fourth-order valence-corrected chi connectivity index (χ4v) is 3.53. The van der Waals surface area contributed by atoms with Crippen molar-refractivity contribution in [3.05, 3.63) is 35.6 Å². The molecule has 1 aromatic rings. The molecule has 2 aliphatic rings. The number of halogens is 1. The molecule has 1 aliphatic carbocycles. The van der Waals surface area contributed by atoms with Crippen LogP contribution in [0.15, 0.2) is 24.3 Å². The van der Waals surface area contributed by atoms with Crippen molar-refractivity contribution in [1.29, 1.82) is 0 Å². The van der Waals surface area contributed by atoms with Gasteiger partial charge in [-0.15, -0.1) is 0 Å². The maximum atomic E-state index is 14.2. The third-order valence-electron chi connectivity index (χ3n) is 4.78. The predicted molar refractivity (Wildman–Crippen MR) is 75.8 cm³/mol. The van der Waals surface area contributed by atoms with Crippen LogP contribution in [-0.4, -0.2) is 37.6 Å². The Balaban J connectivity index is 1.82. The minimum atomic E-state index is -0.0439. The molecule has 0 atom stereocenters. The summed E-state index contributed by atoms with van der Waals surface area (Å²) in [5.74, 6) is -0.0439. The average Bonchev–Trinajstić information content (AvgIpc) is 3.25. The van der Waals surface area contributed by atoms with Gasteiger partial charge in [0, 0.05) is 18.0 Å². The lowest BCUT2D eigenvalue weighted by molar-refractivity contribution is 0.148. The van der Waals surface area contributed by atoms with Gasteiger partial charge in [0.05, 0.1) is 0 Å². The third kappa shape index (κ3) is 2.54. The number of nitrogens with one attached hydrogen (secondary N) is 1. The van der Waals surface area contributed by atoms with Gasteiger partial charge in [-0.2, -0.15) is 0 Å². The number of hydrogen-bond donors (Lipinski definition) is 1. The Hall–Kier alpha value is -0.930. The van der Waals surface area contributed by atoms with E-state index in [2.05, 4.69) is 10.2 Å². The smallest absolute Gasteiger partial charge is 0.127 e. The summed E-state index contributed by atoms with van der Waals surface area (Å²) in [4.78, 5) is 2.59. The number of hydrogen-bond acceptors (Lipinski definition) is 2. The van der Waals surface area contributed by atoms with Crippen LogP contribution in [0.4, 0.5) is 4.39 Å². The summed E-state index contributed by atoms with van der Waals surface area (Å²) in [6.45, 7) is 3.09. The van der Waals surface area contributed by atoms with E-state index in [4.69, 9.17) is 0 Å². The molecule has 3 heteroatoms. The fourth-order valence-electron chi connectivity index (χ4n) is 3.53. The molecule has 19 heavy (non-hydrogen) atoms. The van der Waals surface area contributed by atoms with Gasteiger partial charge in [0.1, 0.15) is 5.82 Å². The van der Waals surface area contributed by atoms with Crippen molar-refractivity contribution >= 4 is 0 Å². The minimum Gasteiger partial charge on any atom is -0.319 e. The van der Waals surface area contributed by atoms with Crippen LogP contribution in [0.1, 0.15) is 31.2 Å². The summed E-state index contributed by atoms with van der Waals surface area (Å²) in [5, 5.41) is 3.28. The monoisotopic (exact) mass is 262 g/mol. The highest BCUT2D eigenvalue weighted by Gasteiger charge is 2.40. The van der Waals surface area contributed by atoms with Crippen molar-refractivity contribution in [2.75, 3.05) is 26.7 Å². The van der Waals surface area contributed by atoms with E-state index in [0.29, 0.717) is 0 Å². The number of likely N-dealkylation sites (tertiary alicyclic amines) is 1. The normalized spacial score (nSPS) is 23.5. The third-order valence-corrected chi connectivity index (χ3v) is 4.78. The van der Waals surface area contributed by atoms with Crippen molar-refractivity contribution < 1.29 is 4.39 Å². The molecule has 1 aliphatic heterocycles. The van der Waals surface area contributed by atoms with E-state index in [1.165, 1.54) is 12.8 Å². The van der Waals surface area contributed by atoms with Gasteiger partial charge >= 0.3 is 0 Å². The van der Waals surface area contributed by atoms with E-state index in [1.807, 2.05) is 19.2 Å². The molecule has 1 N–H and O–H groups in total. The molecule has 104 valence electrons. The summed E-state index contributed by atoms with van der Waals surface area (Å²) < 4.78 is 14.2. The van der Waals surface area contributed by atoms with Gasteiger partial charge in [-0.25, -0.2) is 4.39 Å². The molecule has 2 fully saturated rings. The van der Waals surface area contributed by atoms with Crippen LogP contribution in [0.3, 0.4) is 0 Å². The Kier molecular flexibility index (Phi) is 3.59. The van der Waals surface area contributed by atoms with Crippen LogP contribution in [-0.2, 0) is 5.41 Å². The van der Waals surface area contributed by atoms with Gasteiger partial charge in [-0.1, -0.05) is 18.2 Å². The van der Waals surface area contributed by atoms with Crippen molar-refractivity contribution in [2.45, 2.75) is 37.1 Å². The number of rotatable bonds is 4. The molecule has 1 heterocycles. The summed E-state index contributed by atoms with van der Waals surface area (Å²) >= 11 is 0. The van der Waals surface area contributed by atoms with Crippen molar-refractivity contribution in [3.63, 3.8) is 0 Å². The highest BCUT2D eigenvalue weighted by molar-refractivity contribution is 5.29. The van der Waals surface area contributed by atoms with Crippen molar-refractivity contribution in [3.8, 4) is 0 Å². The maximum absolute atomic E-state index is 14.2. The zero-order valence-corrected chi connectivity index (χ0v) is 11.7. The lowest BCUT2D eigenvalue weighted by Crippen LogP contribution is -2.48. The molecule has 0 bridgehead atoms. The molecule has 1 saturated heterocycles. The first-order valence-corrected chi connectivity index (χ1v) is 7.39. The average molecular weight is 262 g/mol. The molecule has 0 amide bonds. The van der Waals surface area contributed by atoms with E-state index in [0.717, 1.165) is 44.1 Å².